The van der Waals surface area contributed by atoms with Gasteiger partial charge < -0.3 is 25.4 Å². The van der Waals surface area contributed by atoms with Crippen LogP contribution in [0.4, 0.5) is 11.4 Å². The van der Waals surface area contributed by atoms with Crippen molar-refractivity contribution in [1.29, 1.82) is 0 Å². The number of rotatable bonds is 6. The van der Waals surface area contributed by atoms with Crippen molar-refractivity contribution in [3.05, 3.63) is 48.0 Å². The molecule has 3 N–H and O–H groups in total. The maximum absolute atomic E-state index is 12.7. The predicted molar refractivity (Wildman–Crippen MR) is 99.0 cm³/mol. The zero-order chi connectivity index (χ0) is 18.4. The highest BCUT2D eigenvalue weighted by Gasteiger charge is 2.16. The van der Waals surface area contributed by atoms with Crippen LogP contribution in [0.1, 0.15) is 16.8 Å². The molecule has 0 aliphatic carbocycles. The molecule has 26 heavy (non-hydrogen) atoms. The lowest BCUT2D eigenvalue weighted by molar-refractivity contribution is -0.116. The molecule has 1 heterocycles. The Morgan fingerprint density at radius 1 is 1.00 bits per heavy atom. The molecule has 0 aromatic heterocycles. The first-order chi connectivity index (χ1) is 12.7. The van der Waals surface area contributed by atoms with E-state index in [-0.39, 0.29) is 11.8 Å². The average molecular weight is 355 g/mol. The van der Waals surface area contributed by atoms with E-state index < -0.39 is 0 Å². The molecule has 0 unspecified atom stereocenters. The second-order valence-corrected chi connectivity index (χ2v) is 5.76. The van der Waals surface area contributed by atoms with Crippen LogP contribution in [-0.4, -0.2) is 38.6 Å². The number of carbonyl (C=O) groups excluding carboxylic acids is 2. The van der Waals surface area contributed by atoms with Crippen molar-refractivity contribution in [2.75, 3.05) is 37.4 Å². The molecule has 2 aromatic carbocycles. The summed E-state index contributed by atoms with van der Waals surface area (Å²) in [4.78, 5) is 24.6. The van der Waals surface area contributed by atoms with Crippen molar-refractivity contribution >= 4 is 23.2 Å². The van der Waals surface area contributed by atoms with Gasteiger partial charge in [-0.3, -0.25) is 9.59 Å². The topological polar surface area (TPSA) is 88.7 Å². The zero-order valence-corrected chi connectivity index (χ0v) is 14.5. The molecule has 0 atom stereocenters. The normalized spacial score (nSPS) is 12.3. The molecule has 1 aliphatic heterocycles. The van der Waals surface area contributed by atoms with Gasteiger partial charge in [-0.15, -0.1) is 0 Å². The minimum absolute atomic E-state index is 0.154. The van der Waals surface area contributed by atoms with E-state index in [0.717, 1.165) is 0 Å². The smallest absolute Gasteiger partial charge is 0.257 e. The minimum Gasteiger partial charge on any atom is -0.486 e. The molecule has 0 spiro atoms. The quantitative estimate of drug-likeness (QED) is 0.740. The molecular formula is C19H21N3O4. The summed E-state index contributed by atoms with van der Waals surface area (Å²) in [7, 11) is 1.78. The molecule has 7 heteroatoms. The van der Waals surface area contributed by atoms with Crippen LogP contribution in [0.15, 0.2) is 42.5 Å². The van der Waals surface area contributed by atoms with Crippen LogP contribution in [0, 0.1) is 0 Å². The molecule has 0 saturated heterocycles. The summed E-state index contributed by atoms with van der Waals surface area (Å²) in [6.45, 7) is 1.56. The zero-order valence-electron chi connectivity index (χ0n) is 14.5. The van der Waals surface area contributed by atoms with Crippen molar-refractivity contribution in [2.45, 2.75) is 6.42 Å². The highest BCUT2D eigenvalue weighted by molar-refractivity contribution is 6.10. The maximum atomic E-state index is 12.7. The van der Waals surface area contributed by atoms with Crippen LogP contribution in [0.2, 0.25) is 0 Å². The van der Waals surface area contributed by atoms with Gasteiger partial charge in [0.05, 0.1) is 11.3 Å². The van der Waals surface area contributed by atoms with E-state index in [0.29, 0.717) is 54.6 Å². The third-order valence-electron chi connectivity index (χ3n) is 3.85. The van der Waals surface area contributed by atoms with Gasteiger partial charge in [-0.05, 0) is 31.3 Å². The lowest BCUT2D eigenvalue weighted by Gasteiger charge is -2.19. The Kier molecular flexibility index (Phi) is 5.70. The third-order valence-corrected chi connectivity index (χ3v) is 3.85. The van der Waals surface area contributed by atoms with Crippen LogP contribution < -0.4 is 25.4 Å². The summed E-state index contributed by atoms with van der Waals surface area (Å²) < 4.78 is 11.0. The first-order valence-electron chi connectivity index (χ1n) is 8.42. The second-order valence-electron chi connectivity index (χ2n) is 5.76. The minimum atomic E-state index is -0.314. The highest BCUT2D eigenvalue weighted by atomic mass is 16.6. The van der Waals surface area contributed by atoms with Gasteiger partial charge in [-0.25, -0.2) is 0 Å². The van der Waals surface area contributed by atoms with Gasteiger partial charge in [0.1, 0.15) is 13.2 Å². The summed E-state index contributed by atoms with van der Waals surface area (Å²) >= 11 is 0. The molecule has 2 aromatic rings. The second kappa shape index (κ2) is 8.35. The molecule has 0 bridgehead atoms. The van der Waals surface area contributed by atoms with E-state index in [1.807, 2.05) is 0 Å². The fraction of sp³-hybridized carbons (Fsp3) is 0.263. The fourth-order valence-corrected chi connectivity index (χ4v) is 2.56. The standard InChI is InChI=1S/C19H21N3O4/c1-20-9-8-18(23)22-15-5-3-2-4-14(15)19(24)21-13-6-7-16-17(12-13)26-11-10-25-16/h2-7,12,20H,8-11H2,1H3,(H,21,24)(H,22,23). The van der Waals surface area contributed by atoms with Gasteiger partial charge in [0.25, 0.3) is 5.91 Å². The Bertz CT molecular complexity index is 807. The van der Waals surface area contributed by atoms with Crippen molar-refractivity contribution < 1.29 is 19.1 Å². The maximum Gasteiger partial charge on any atom is 0.257 e. The van der Waals surface area contributed by atoms with Gasteiger partial charge in [0, 0.05) is 24.7 Å². The number of fused-ring (bicyclic) bond motifs is 1. The number of amides is 2. The molecule has 3 rings (SSSR count). The van der Waals surface area contributed by atoms with E-state index in [1.54, 1.807) is 49.5 Å². The monoisotopic (exact) mass is 355 g/mol. The number of hydrogen-bond donors (Lipinski definition) is 3. The molecule has 7 nitrogen and oxygen atoms in total. The van der Waals surface area contributed by atoms with Crippen LogP contribution in [-0.2, 0) is 4.79 Å². The Balaban J connectivity index is 1.73. The Labute approximate surface area is 151 Å². The van der Waals surface area contributed by atoms with Crippen LogP contribution in [0.5, 0.6) is 11.5 Å². The van der Waals surface area contributed by atoms with E-state index in [9.17, 15) is 9.59 Å². The van der Waals surface area contributed by atoms with Gasteiger partial charge in [0.2, 0.25) is 5.91 Å². The number of carbonyl (C=O) groups is 2. The highest BCUT2D eigenvalue weighted by Crippen LogP contribution is 2.32. The molecular weight excluding hydrogens is 334 g/mol. The lowest BCUT2D eigenvalue weighted by Crippen LogP contribution is -2.21. The summed E-state index contributed by atoms with van der Waals surface area (Å²) in [6.07, 6.45) is 0.328. The summed E-state index contributed by atoms with van der Waals surface area (Å²) in [6, 6.07) is 12.1. The van der Waals surface area contributed by atoms with Crippen molar-refractivity contribution in [2.24, 2.45) is 0 Å². The van der Waals surface area contributed by atoms with E-state index in [4.69, 9.17) is 9.47 Å². The Morgan fingerprint density at radius 2 is 1.77 bits per heavy atom. The van der Waals surface area contributed by atoms with Gasteiger partial charge >= 0.3 is 0 Å². The van der Waals surface area contributed by atoms with Crippen LogP contribution in [0.25, 0.3) is 0 Å². The Morgan fingerprint density at radius 3 is 2.58 bits per heavy atom. The van der Waals surface area contributed by atoms with Gasteiger partial charge in [-0.2, -0.15) is 0 Å². The van der Waals surface area contributed by atoms with E-state index >= 15 is 0 Å². The number of anilines is 2. The van der Waals surface area contributed by atoms with Crippen LogP contribution in [0.3, 0.4) is 0 Å². The number of nitrogens with one attached hydrogen (secondary N) is 3. The molecule has 1 aliphatic rings. The third kappa shape index (κ3) is 4.31. The van der Waals surface area contributed by atoms with Crippen molar-refractivity contribution in [1.82, 2.24) is 5.32 Å². The Hall–Kier alpha value is -3.06. The van der Waals surface area contributed by atoms with E-state index in [2.05, 4.69) is 16.0 Å². The number of hydrogen-bond acceptors (Lipinski definition) is 5. The van der Waals surface area contributed by atoms with E-state index in [1.165, 1.54) is 0 Å². The number of benzene rings is 2. The van der Waals surface area contributed by atoms with Gasteiger partial charge in [-0.1, -0.05) is 12.1 Å². The summed E-state index contributed by atoms with van der Waals surface area (Å²) in [5.41, 5.74) is 1.46. The fourth-order valence-electron chi connectivity index (χ4n) is 2.56. The number of para-hydroxylation sites is 1. The molecule has 0 saturated carbocycles. The largest absolute Gasteiger partial charge is 0.486 e. The van der Waals surface area contributed by atoms with Crippen molar-refractivity contribution in [3.63, 3.8) is 0 Å². The predicted octanol–water partition coefficient (Wildman–Crippen LogP) is 2.26. The molecule has 2 amide bonds. The first kappa shape index (κ1) is 17.8. The summed E-state index contributed by atoms with van der Waals surface area (Å²) in [5.74, 6) is 0.791. The van der Waals surface area contributed by atoms with Crippen molar-refractivity contribution in [3.8, 4) is 11.5 Å². The van der Waals surface area contributed by atoms with Crippen LogP contribution >= 0.6 is 0 Å². The first-order valence-corrected chi connectivity index (χ1v) is 8.42. The molecule has 0 fully saturated rings. The molecule has 136 valence electrons. The SMILES string of the molecule is CNCCC(=O)Nc1ccccc1C(=O)Nc1ccc2c(c1)OCCO2. The van der Waals surface area contributed by atoms with Gasteiger partial charge in [0.15, 0.2) is 11.5 Å². The lowest BCUT2D eigenvalue weighted by atomic mass is 10.1. The number of ether oxygens (including phenoxy) is 2. The molecule has 0 radical (unpaired) electrons. The summed E-state index contributed by atoms with van der Waals surface area (Å²) in [5, 5.41) is 8.52. The average Bonchev–Trinajstić information content (AvgIpc) is 2.66.